The molecule has 0 spiro atoms. The van der Waals surface area contributed by atoms with E-state index in [0.29, 0.717) is 5.41 Å². The molecule has 2 rings (SSSR count). The monoisotopic (exact) mass is 278 g/mol. The van der Waals surface area contributed by atoms with E-state index >= 15 is 0 Å². The molecule has 1 saturated carbocycles. The smallest absolute Gasteiger partial charge is 0.0577 e. The van der Waals surface area contributed by atoms with Crippen molar-refractivity contribution in [3.8, 4) is 0 Å². The van der Waals surface area contributed by atoms with Crippen molar-refractivity contribution < 1.29 is 5.11 Å². The summed E-state index contributed by atoms with van der Waals surface area (Å²) in [5, 5.41) is 9.95. The van der Waals surface area contributed by atoms with E-state index < -0.39 is 0 Å². The molecular weight excluding hydrogens is 244 g/mol. The van der Waals surface area contributed by atoms with Crippen LogP contribution < -0.4 is 0 Å². The molecule has 0 heterocycles. The summed E-state index contributed by atoms with van der Waals surface area (Å²) in [4.78, 5) is 0. The Balaban J connectivity index is 2.05. The van der Waals surface area contributed by atoms with Crippen LogP contribution in [0.4, 0.5) is 0 Å². The number of hydrogen-bond acceptors (Lipinski definition) is 1. The Morgan fingerprint density at radius 3 is 2.80 bits per heavy atom. The summed E-state index contributed by atoms with van der Waals surface area (Å²) in [6.07, 6.45) is 12.3. The lowest BCUT2D eigenvalue weighted by Crippen LogP contribution is -2.41. The number of allylic oxidation sites excluding steroid dienone is 1. The standard InChI is InChI=1S/C19H34O/c1-5-18-15(8-6-7-14(2)3)9-10-16-13-17(20)11-12-19(16,18)4/h10,14-15,17-18,20H,5-9,11-13H2,1-4H3/t15-,17+,18+,19+/m1/s1. The first-order chi connectivity index (χ1) is 9.47. The fraction of sp³-hybridized carbons (Fsp3) is 0.895. The molecule has 0 unspecified atom stereocenters. The molecule has 20 heavy (non-hydrogen) atoms. The van der Waals surface area contributed by atoms with Gasteiger partial charge in [-0.3, -0.25) is 0 Å². The van der Waals surface area contributed by atoms with E-state index in [0.717, 1.165) is 30.6 Å². The summed E-state index contributed by atoms with van der Waals surface area (Å²) < 4.78 is 0. The molecule has 0 aromatic rings. The molecule has 0 aromatic heterocycles. The minimum Gasteiger partial charge on any atom is -0.393 e. The fourth-order valence-electron chi connectivity index (χ4n) is 4.83. The first kappa shape index (κ1) is 16.1. The van der Waals surface area contributed by atoms with Gasteiger partial charge in [-0.05, 0) is 55.3 Å². The second-order valence-corrected chi connectivity index (χ2v) is 7.88. The summed E-state index contributed by atoms with van der Waals surface area (Å²) in [5.74, 6) is 2.55. The van der Waals surface area contributed by atoms with E-state index in [2.05, 4.69) is 33.8 Å². The van der Waals surface area contributed by atoms with Crippen molar-refractivity contribution >= 4 is 0 Å². The summed E-state index contributed by atoms with van der Waals surface area (Å²) in [6, 6.07) is 0. The van der Waals surface area contributed by atoms with Gasteiger partial charge >= 0.3 is 0 Å². The molecule has 0 aromatic carbocycles. The van der Waals surface area contributed by atoms with Crippen LogP contribution in [0.2, 0.25) is 0 Å². The van der Waals surface area contributed by atoms with Crippen LogP contribution in [0.3, 0.4) is 0 Å². The lowest BCUT2D eigenvalue weighted by Gasteiger charge is -2.50. The van der Waals surface area contributed by atoms with Crippen molar-refractivity contribution in [2.75, 3.05) is 0 Å². The van der Waals surface area contributed by atoms with Gasteiger partial charge < -0.3 is 5.11 Å². The molecule has 4 atom stereocenters. The van der Waals surface area contributed by atoms with E-state index in [9.17, 15) is 5.11 Å². The predicted molar refractivity (Wildman–Crippen MR) is 86.6 cm³/mol. The molecule has 0 amide bonds. The van der Waals surface area contributed by atoms with Crippen LogP contribution in [0.5, 0.6) is 0 Å². The molecule has 1 nitrogen and oxygen atoms in total. The zero-order valence-corrected chi connectivity index (χ0v) is 14.0. The van der Waals surface area contributed by atoms with Crippen LogP contribution in [-0.4, -0.2) is 11.2 Å². The number of hydrogen-bond donors (Lipinski definition) is 1. The molecule has 116 valence electrons. The normalized spacial score (nSPS) is 37.7. The van der Waals surface area contributed by atoms with E-state index in [1.54, 1.807) is 5.57 Å². The topological polar surface area (TPSA) is 20.2 Å². The SMILES string of the molecule is CC[C@H]1[C@H](CCCC(C)C)CC=C2C[C@@H](O)CC[C@@]21C. The Hall–Kier alpha value is -0.300. The lowest BCUT2D eigenvalue weighted by molar-refractivity contribution is 0.0463. The summed E-state index contributed by atoms with van der Waals surface area (Å²) in [7, 11) is 0. The third kappa shape index (κ3) is 3.30. The van der Waals surface area contributed by atoms with Gasteiger partial charge in [-0.1, -0.05) is 58.6 Å². The molecule has 0 saturated heterocycles. The fourth-order valence-corrected chi connectivity index (χ4v) is 4.83. The highest BCUT2D eigenvalue weighted by atomic mass is 16.3. The molecule has 0 radical (unpaired) electrons. The van der Waals surface area contributed by atoms with Crippen molar-refractivity contribution in [3.63, 3.8) is 0 Å². The average molecular weight is 278 g/mol. The largest absolute Gasteiger partial charge is 0.393 e. The third-order valence-electron chi connectivity index (χ3n) is 6.04. The van der Waals surface area contributed by atoms with Gasteiger partial charge in [0.15, 0.2) is 0 Å². The van der Waals surface area contributed by atoms with Crippen LogP contribution >= 0.6 is 0 Å². The molecule has 1 N–H and O–H groups in total. The zero-order chi connectivity index (χ0) is 14.8. The predicted octanol–water partition coefficient (Wildman–Crippen LogP) is 5.34. The Morgan fingerprint density at radius 2 is 2.15 bits per heavy atom. The van der Waals surface area contributed by atoms with Crippen molar-refractivity contribution in [1.82, 2.24) is 0 Å². The number of aliphatic hydroxyl groups is 1. The van der Waals surface area contributed by atoms with Crippen molar-refractivity contribution in [2.45, 2.75) is 85.2 Å². The molecule has 0 bridgehead atoms. The average Bonchev–Trinajstić information content (AvgIpc) is 2.39. The van der Waals surface area contributed by atoms with Crippen molar-refractivity contribution in [1.29, 1.82) is 0 Å². The Kier molecular flexibility index (Phi) is 5.34. The Bertz CT molecular complexity index is 344. The van der Waals surface area contributed by atoms with Crippen LogP contribution in [0.1, 0.15) is 79.1 Å². The van der Waals surface area contributed by atoms with Crippen LogP contribution in [0.15, 0.2) is 11.6 Å². The molecule has 2 aliphatic rings. The quantitative estimate of drug-likeness (QED) is 0.673. The molecule has 2 aliphatic carbocycles. The molecule has 1 fully saturated rings. The maximum atomic E-state index is 9.95. The first-order valence-corrected chi connectivity index (χ1v) is 8.85. The minimum atomic E-state index is -0.0793. The number of aliphatic hydroxyl groups excluding tert-OH is 1. The highest BCUT2D eigenvalue weighted by molar-refractivity contribution is 5.23. The van der Waals surface area contributed by atoms with Gasteiger partial charge in [0, 0.05) is 0 Å². The highest BCUT2D eigenvalue weighted by Gasteiger charge is 2.45. The van der Waals surface area contributed by atoms with Gasteiger partial charge in [0.25, 0.3) is 0 Å². The van der Waals surface area contributed by atoms with Gasteiger partial charge in [0.1, 0.15) is 0 Å². The van der Waals surface area contributed by atoms with E-state index in [4.69, 9.17) is 0 Å². The van der Waals surface area contributed by atoms with Gasteiger partial charge in [-0.15, -0.1) is 0 Å². The van der Waals surface area contributed by atoms with Crippen LogP contribution in [-0.2, 0) is 0 Å². The highest BCUT2D eigenvalue weighted by Crippen LogP contribution is 2.54. The van der Waals surface area contributed by atoms with Gasteiger partial charge in [-0.25, -0.2) is 0 Å². The van der Waals surface area contributed by atoms with Crippen LogP contribution in [0.25, 0.3) is 0 Å². The van der Waals surface area contributed by atoms with E-state index in [1.807, 2.05) is 0 Å². The molecule has 0 aliphatic heterocycles. The minimum absolute atomic E-state index is 0.0793. The van der Waals surface area contributed by atoms with Crippen molar-refractivity contribution in [3.05, 3.63) is 11.6 Å². The number of rotatable bonds is 5. The first-order valence-electron chi connectivity index (χ1n) is 8.85. The Labute approximate surface area is 125 Å². The van der Waals surface area contributed by atoms with E-state index in [1.165, 1.54) is 38.5 Å². The summed E-state index contributed by atoms with van der Waals surface area (Å²) in [5.41, 5.74) is 1.96. The summed E-state index contributed by atoms with van der Waals surface area (Å²) in [6.45, 7) is 9.52. The third-order valence-corrected chi connectivity index (χ3v) is 6.04. The second kappa shape index (κ2) is 6.64. The lowest BCUT2D eigenvalue weighted by atomic mass is 9.55. The van der Waals surface area contributed by atoms with Crippen LogP contribution in [0, 0.1) is 23.2 Å². The second-order valence-electron chi connectivity index (χ2n) is 7.88. The maximum Gasteiger partial charge on any atom is 0.0577 e. The van der Waals surface area contributed by atoms with Gasteiger partial charge in [0.2, 0.25) is 0 Å². The number of fused-ring (bicyclic) bond motifs is 1. The zero-order valence-electron chi connectivity index (χ0n) is 14.0. The van der Waals surface area contributed by atoms with E-state index in [-0.39, 0.29) is 6.10 Å². The van der Waals surface area contributed by atoms with Gasteiger partial charge in [-0.2, -0.15) is 0 Å². The Morgan fingerprint density at radius 1 is 1.40 bits per heavy atom. The summed E-state index contributed by atoms with van der Waals surface area (Å²) >= 11 is 0. The van der Waals surface area contributed by atoms with Crippen molar-refractivity contribution in [2.24, 2.45) is 23.2 Å². The maximum absolute atomic E-state index is 9.95. The molecular formula is C19H34O. The molecule has 1 heteroatoms. The van der Waals surface area contributed by atoms with Gasteiger partial charge in [0.05, 0.1) is 6.10 Å².